The second-order valence-electron chi connectivity index (χ2n) is 2.52. The monoisotopic (exact) mass is 196 g/mol. The number of aryl methyl sites for hydroxylation is 1. The van der Waals surface area contributed by atoms with Crippen molar-refractivity contribution in [2.24, 2.45) is 0 Å². The SMILES string of the molecule is Cc1ncsc1-c1nnc(N)n1N. The summed E-state index contributed by atoms with van der Waals surface area (Å²) in [6.07, 6.45) is 0. The zero-order chi connectivity index (χ0) is 9.42. The highest BCUT2D eigenvalue weighted by Gasteiger charge is 2.13. The summed E-state index contributed by atoms with van der Waals surface area (Å²) in [4.78, 5) is 4.98. The van der Waals surface area contributed by atoms with Gasteiger partial charge in [-0.3, -0.25) is 0 Å². The largest absolute Gasteiger partial charge is 0.366 e. The van der Waals surface area contributed by atoms with Gasteiger partial charge in [0.1, 0.15) is 0 Å². The van der Waals surface area contributed by atoms with Crippen molar-refractivity contribution in [3.05, 3.63) is 11.2 Å². The zero-order valence-corrected chi connectivity index (χ0v) is 7.75. The second kappa shape index (κ2) is 2.70. The number of nitrogens with two attached hydrogens (primary N) is 2. The Balaban J connectivity index is 2.59. The van der Waals surface area contributed by atoms with Crippen LogP contribution in [0.1, 0.15) is 5.69 Å². The number of rotatable bonds is 1. The molecule has 0 amide bonds. The van der Waals surface area contributed by atoms with Crippen molar-refractivity contribution in [3.63, 3.8) is 0 Å². The molecule has 0 spiro atoms. The minimum atomic E-state index is 0.197. The van der Waals surface area contributed by atoms with E-state index in [1.54, 1.807) is 5.51 Å². The topological polar surface area (TPSA) is 95.6 Å². The molecule has 0 aromatic carbocycles. The first kappa shape index (κ1) is 7.99. The van der Waals surface area contributed by atoms with Crippen LogP contribution in [0.5, 0.6) is 0 Å². The molecule has 0 unspecified atom stereocenters. The van der Waals surface area contributed by atoms with Gasteiger partial charge in [0, 0.05) is 0 Å². The third-order valence-corrected chi connectivity index (χ3v) is 2.60. The van der Waals surface area contributed by atoms with E-state index in [0.29, 0.717) is 5.82 Å². The normalized spacial score (nSPS) is 10.5. The Morgan fingerprint density at radius 2 is 2.23 bits per heavy atom. The van der Waals surface area contributed by atoms with Gasteiger partial charge < -0.3 is 11.6 Å². The van der Waals surface area contributed by atoms with Crippen LogP contribution in [0.25, 0.3) is 10.7 Å². The van der Waals surface area contributed by atoms with E-state index in [0.717, 1.165) is 10.6 Å². The van der Waals surface area contributed by atoms with Crippen LogP contribution in [0.2, 0.25) is 0 Å². The van der Waals surface area contributed by atoms with Crippen molar-refractivity contribution >= 4 is 17.3 Å². The van der Waals surface area contributed by atoms with Crippen LogP contribution < -0.4 is 11.6 Å². The van der Waals surface area contributed by atoms with E-state index in [1.165, 1.54) is 16.0 Å². The molecule has 2 aromatic rings. The van der Waals surface area contributed by atoms with E-state index in [-0.39, 0.29) is 5.95 Å². The minimum absolute atomic E-state index is 0.197. The number of hydrogen-bond acceptors (Lipinski definition) is 6. The Kier molecular flexibility index (Phi) is 1.66. The average molecular weight is 196 g/mol. The van der Waals surface area contributed by atoms with Crippen LogP contribution >= 0.6 is 11.3 Å². The zero-order valence-electron chi connectivity index (χ0n) is 6.93. The summed E-state index contributed by atoms with van der Waals surface area (Å²) in [7, 11) is 0. The maximum Gasteiger partial charge on any atom is 0.241 e. The fourth-order valence-electron chi connectivity index (χ4n) is 0.975. The fourth-order valence-corrected chi connectivity index (χ4v) is 1.76. The molecule has 2 rings (SSSR count). The molecule has 2 aromatic heterocycles. The third-order valence-electron chi connectivity index (χ3n) is 1.67. The maximum absolute atomic E-state index is 5.61. The van der Waals surface area contributed by atoms with Gasteiger partial charge in [-0.15, -0.1) is 21.5 Å². The predicted octanol–water partition coefficient (Wildman–Crippen LogP) is 0.00602. The van der Waals surface area contributed by atoms with Gasteiger partial charge in [0.2, 0.25) is 5.95 Å². The van der Waals surface area contributed by atoms with E-state index in [9.17, 15) is 0 Å². The van der Waals surface area contributed by atoms with Gasteiger partial charge in [-0.25, -0.2) is 9.66 Å². The molecular weight excluding hydrogens is 188 g/mol. The van der Waals surface area contributed by atoms with Gasteiger partial charge in [0.25, 0.3) is 0 Å². The molecular formula is C6H8N6S. The summed E-state index contributed by atoms with van der Waals surface area (Å²) in [5.41, 5.74) is 8.06. The van der Waals surface area contributed by atoms with Crippen molar-refractivity contribution in [1.82, 2.24) is 19.9 Å². The average Bonchev–Trinajstić information content (AvgIpc) is 2.62. The summed E-state index contributed by atoms with van der Waals surface area (Å²) >= 11 is 1.46. The summed E-state index contributed by atoms with van der Waals surface area (Å²) in [5.74, 6) is 6.36. The third kappa shape index (κ3) is 1.13. The van der Waals surface area contributed by atoms with Crippen molar-refractivity contribution < 1.29 is 0 Å². The molecule has 0 fully saturated rings. The van der Waals surface area contributed by atoms with Crippen LogP contribution in [0, 0.1) is 6.92 Å². The molecule has 0 aliphatic heterocycles. The molecule has 2 heterocycles. The molecule has 6 nitrogen and oxygen atoms in total. The van der Waals surface area contributed by atoms with Crippen LogP contribution in [0.15, 0.2) is 5.51 Å². The summed E-state index contributed by atoms with van der Waals surface area (Å²) in [6.45, 7) is 1.89. The summed E-state index contributed by atoms with van der Waals surface area (Å²) in [6, 6.07) is 0. The quantitative estimate of drug-likeness (QED) is 0.626. The Bertz CT molecular complexity index is 430. The lowest BCUT2D eigenvalue weighted by molar-refractivity contribution is 1.02. The fraction of sp³-hybridized carbons (Fsp3) is 0.167. The highest BCUT2D eigenvalue weighted by molar-refractivity contribution is 7.13. The number of nitrogen functional groups attached to an aromatic ring is 2. The molecule has 13 heavy (non-hydrogen) atoms. The van der Waals surface area contributed by atoms with Crippen molar-refractivity contribution in [1.29, 1.82) is 0 Å². The summed E-state index contributed by atoms with van der Waals surface area (Å²) < 4.78 is 1.25. The molecule has 0 saturated carbocycles. The number of nitrogens with zero attached hydrogens (tertiary/aromatic N) is 4. The smallest absolute Gasteiger partial charge is 0.241 e. The Morgan fingerprint density at radius 1 is 1.46 bits per heavy atom. The first-order chi connectivity index (χ1) is 6.20. The number of thiazole rings is 1. The van der Waals surface area contributed by atoms with Crippen molar-refractivity contribution in [2.45, 2.75) is 6.92 Å². The van der Waals surface area contributed by atoms with Gasteiger partial charge in [-0.2, -0.15) is 0 Å². The molecule has 0 atom stereocenters. The number of anilines is 1. The van der Waals surface area contributed by atoms with Gasteiger partial charge in [-0.05, 0) is 6.92 Å². The van der Waals surface area contributed by atoms with Gasteiger partial charge in [0.05, 0.1) is 16.1 Å². The van der Waals surface area contributed by atoms with E-state index in [1.807, 2.05) is 6.92 Å². The lowest BCUT2D eigenvalue weighted by atomic mass is 10.4. The van der Waals surface area contributed by atoms with E-state index in [2.05, 4.69) is 15.2 Å². The molecule has 7 heteroatoms. The Hall–Kier alpha value is -1.63. The van der Waals surface area contributed by atoms with Crippen LogP contribution in [0.3, 0.4) is 0 Å². The lowest BCUT2D eigenvalue weighted by Crippen LogP contribution is -2.13. The van der Waals surface area contributed by atoms with Crippen LogP contribution in [-0.2, 0) is 0 Å². The second-order valence-corrected chi connectivity index (χ2v) is 3.37. The number of aromatic nitrogens is 4. The number of hydrogen-bond donors (Lipinski definition) is 2. The van der Waals surface area contributed by atoms with Crippen LogP contribution in [0.4, 0.5) is 5.95 Å². The first-order valence-electron chi connectivity index (χ1n) is 3.56. The lowest BCUT2D eigenvalue weighted by Gasteiger charge is -1.97. The minimum Gasteiger partial charge on any atom is -0.366 e. The van der Waals surface area contributed by atoms with Crippen LogP contribution in [-0.4, -0.2) is 19.9 Å². The maximum atomic E-state index is 5.61. The van der Waals surface area contributed by atoms with Crippen molar-refractivity contribution in [2.75, 3.05) is 11.6 Å². The first-order valence-corrected chi connectivity index (χ1v) is 4.44. The molecule has 4 N–H and O–H groups in total. The molecule has 68 valence electrons. The van der Waals surface area contributed by atoms with Crippen molar-refractivity contribution in [3.8, 4) is 10.7 Å². The van der Waals surface area contributed by atoms with Gasteiger partial charge in [-0.1, -0.05) is 0 Å². The predicted molar refractivity (Wildman–Crippen MR) is 50.4 cm³/mol. The van der Waals surface area contributed by atoms with Gasteiger partial charge in [0.15, 0.2) is 5.82 Å². The molecule has 0 aliphatic rings. The Morgan fingerprint density at radius 3 is 2.69 bits per heavy atom. The van der Waals surface area contributed by atoms with E-state index < -0.39 is 0 Å². The van der Waals surface area contributed by atoms with Gasteiger partial charge >= 0.3 is 0 Å². The molecule has 0 saturated heterocycles. The van der Waals surface area contributed by atoms with E-state index in [4.69, 9.17) is 11.6 Å². The Labute approximate surface area is 78.2 Å². The summed E-state index contributed by atoms with van der Waals surface area (Å²) in [5, 5.41) is 7.51. The molecule has 0 aliphatic carbocycles. The van der Waals surface area contributed by atoms with E-state index >= 15 is 0 Å². The standard InChI is InChI=1S/C6H8N6S/c1-3-4(13-2-9-3)5-10-11-6(7)12(5)8/h2H,8H2,1H3,(H2,7,11). The highest BCUT2D eigenvalue weighted by Crippen LogP contribution is 2.24. The highest BCUT2D eigenvalue weighted by atomic mass is 32.1. The molecule has 0 bridgehead atoms. The molecule has 0 radical (unpaired) electrons.